The fourth-order valence-electron chi connectivity index (χ4n) is 4.20. The molecule has 2 aromatic heterocycles. The number of methoxy groups -OCH3 is 1. The second kappa shape index (κ2) is 8.44. The second-order valence-corrected chi connectivity index (χ2v) is 7.84. The number of benzene rings is 1. The van der Waals surface area contributed by atoms with E-state index in [9.17, 15) is 14.4 Å². The molecule has 3 heterocycles. The van der Waals surface area contributed by atoms with Crippen LogP contribution in [-0.2, 0) is 11.3 Å². The summed E-state index contributed by atoms with van der Waals surface area (Å²) in [5, 5.41) is 18.9. The molecule has 0 saturated heterocycles. The van der Waals surface area contributed by atoms with Crippen molar-refractivity contribution in [1.82, 2.24) is 19.5 Å². The second-order valence-electron chi connectivity index (χ2n) is 7.84. The van der Waals surface area contributed by atoms with E-state index in [2.05, 4.69) is 26.5 Å². The van der Waals surface area contributed by atoms with Gasteiger partial charge in [-0.2, -0.15) is 10.4 Å². The summed E-state index contributed by atoms with van der Waals surface area (Å²) in [6.07, 6.45) is 6.97. The molecule has 9 nitrogen and oxygen atoms in total. The van der Waals surface area contributed by atoms with Gasteiger partial charge in [0.25, 0.3) is 5.91 Å². The molecule has 10 heteroatoms. The van der Waals surface area contributed by atoms with Crippen molar-refractivity contribution in [1.29, 1.82) is 5.26 Å². The van der Waals surface area contributed by atoms with Gasteiger partial charge >= 0.3 is 0 Å². The van der Waals surface area contributed by atoms with E-state index < -0.39 is 5.82 Å². The van der Waals surface area contributed by atoms with Crippen LogP contribution >= 0.6 is 0 Å². The topological polar surface area (TPSA) is 108 Å². The molecular weight excluding hydrogens is 437 g/mol. The Morgan fingerprint density at radius 2 is 2.15 bits per heavy atom. The number of allylic oxidation sites excluding steroid dienone is 3. The highest BCUT2D eigenvalue weighted by atomic mass is 19.1. The number of hydrogen-bond donors (Lipinski definition) is 1. The first-order valence-corrected chi connectivity index (χ1v) is 10.6. The Morgan fingerprint density at radius 1 is 1.29 bits per heavy atom. The van der Waals surface area contributed by atoms with Crippen LogP contribution in [0.3, 0.4) is 0 Å². The lowest BCUT2D eigenvalue weighted by Gasteiger charge is -2.13. The third kappa shape index (κ3) is 3.57. The predicted molar refractivity (Wildman–Crippen MR) is 124 cm³/mol. The van der Waals surface area contributed by atoms with Gasteiger partial charge in [0.1, 0.15) is 41.4 Å². The molecule has 0 bridgehead atoms. The predicted octanol–water partition coefficient (Wildman–Crippen LogP) is 2.96. The summed E-state index contributed by atoms with van der Waals surface area (Å²) < 4.78 is 21.5. The lowest BCUT2D eigenvalue weighted by molar-refractivity contribution is -0.129. The summed E-state index contributed by atoms with van der Waals surface area (Å²) in [5.74, 6) is 0.259. The molecule has 1 aliphatic carbocycles. The van der Waals surface area contributed by atoms with Gasteiger partial charge in [-0.15, -0.1) is 0 Å². The summed E-state index contributed by atoms with van der Waals surface area (Å²) in [5.41, 5.74) is 2.84. The molecule has 1 N–H and O–H groups in total. The minimum absolute atomic E-state index is 0.0603. The van der Waals surface area contributed by atoms with Crippen molar-refractivity contribution in [2.45, 2.75) is 6.54 Å². The Morgan fingerprint density at radius 3 is 2.94 bits per heavy atom. The summed E-state index contributed by atoms with van der Waals surface area (Å²) in [6.45, 7) is 0.736. The van der Waals surface area contributed by atoms with Gasteiger partial charge in [-0.3, -0.25) is 4.79 Å². The van der Waals surface area contributed by atoms with E-state index in [4.69, 9.17) is 4.74 Å². The molecule has 3 aromatic rings. The molecule has 1 aromatic carbocycles. The number of anilines is 1. The molecule has 1 amide bonds. The smallest absolute Gasteiger partial charge is 0.255 e. The molecule has 1 atom stereocenters. The van der Waals surface area contributed by atoms with Crippen LogP contribution in [-0.4, -0.2) is 51.9 Å². The van der Waals surface area contributed by atoms with Gasteiger partial charge in [-0.1, -0.05) is 12.2 Å². The minimum atomic E-state index is -0.421. The number of ether oxygens (including phenoxy) is 1. The van der Waals surface area contributed by atoms with Crippen molar-refractivity contribution in [2.75, 3.05) is 26.0 Å². The molecular formula is C24H20FN7O2. The van der Waals surface area contributed by atoms with E-state index in [1.54, 1.807) is 29.8 Å². The summed E-state index contributed by atoms with van der Waals surface area (Å²) in [7, 11) is 3.15. The van der Waals surface area contributed by atoms with Crippen LogP contribution in [0.4, 0.5) is 10.2 Å². The number of amides is 1. The molecule has 5 rings (SSSR count). The van der Waals surface area contributed by atoms with E-state index in [1.165, 1.54) is 24.5 Å². The first-order valence-electron chi connectivity index (χ1n) is 10.6. The zero-order valence-electron chi connectivity index (χ0n) is 18.5. The van der Waals surface area contributed by atoms with Gasteiger partial charge in [0.2, 0.25) is 0 Å². The molecule has 2 aliphatic rings. The third-order valence-electron chi connectivity index (χ3n) is 5.85. The number of fused-ring (bicyclic) bond motifs is 2. The van der Waals surface area contributed by atoms with Gasteiger partial charge in [0.05, 0.1) is 24.0 Å². The van der Waals surface area contributed by atoms with E-state index in [0.717, 1.165) is 5.57 Å². The van der Waals surface area contributed by atoms with Crippen LogP contribution in [0.1, 0.15) is 11.4 Å². The maximum Gasteiger partial charge on any atom is 0.255 e. The minimum Gasteiger partial charge on any atom is -0.496 e. The van der Waals surface area contributed by atoms with Gasteiger partial charge < -0.3 is 14.6 Å². The van der Waals surface area contributed by atoms with E-state index in [-0.39, 0.29) is 11.8 Å². The largest absolute Gasteiger partial charge is 0.496 e. The molecule has 0 spiro atoms. The Labute approximate surface area is 194 Å². The van der Waals surface area contributed by atoms with Crippen molar-refractivity contribution in [3.8, 4) is 11.8 Å². The molecule has 170 valence electrons. The Bertz CT molecular complexity index is 1450. The van der Waals surface area contributed by atoms with Crippen molar-refractivity contribution in [2.24, 2.45) is 11.0 Å². The van der Waals surface area contributed by atoms with Crippen LogP contribution in [0, 0.1) is 23.1 Å². The Kier molecular flexibility index (Phi) is 5.30. The standard InChI is InChI=1S/C24H20FN7O2/c1-31-24(33)16-4-3-14(9-20(16)30-31)19-11-22(29-13-28-19)27-7-8-32-15(12-26)10-17-21(34-2)6-5-18(25)23(17)32/h3-6,9-11,13,16H,7-8H2,1-2H3,(H,27,28,29). The number of halogens is 1. The lowest BCUT2D eigenvalue weighted by atomic mass is 9.93. The van der Waals surface area contributed by atoms with Gasteiger partial charge in [-0.05, 0) is 24.3 Å². The van der Waals surface area contributed by atoms with Crippen LogP contribution in [0.2, 0.25) is 0 Å². The Balaban J connectivity index is 1.34. The zero-order chi connectivity index (χ0) is 23.8. The first-order chi connectivity index (χ1) is 16.5. The average Bonchev–Trinajstić information content (AvgIpc) is 3.36. The molecule has 0 fully saturated rings. The summed E-state index contributed by atoms with van der Waals surface area (Å²) in [4.78, 5) is 20.7. The number of nitrogens with one attached hydrogen (secondary N) is 1. The number of hydrazone groups is 1. The maximum absolute atomic E-state index is 14.6. The molecule has 34 heavy (non-hydrogen) atoms. The zero-order valence-corrected chi connectivity index (χ0v) is 18.5. The number of rotatable bonds is 6. The van der Waals surface area contributed by atoms with E-state index >= 15 is 0 Å². The van der Waals surface area contributed by atoms with Crippen LogP contribution in [0.5, 0.6) is 5.75 Å². The molecule has 0 radical (unpaired) electrons. The fraction of sp³-hybridized carbons (Fsp3) is 0.208. The third-order valence-corrected chi connectivity index (χ3v) is 5.85. The monoisotopic (exact) mass is 457 g/mol. The Hall–Kier alpha value is -4.52. The van der Waals surface area contributed by atoms with Crippen molar-refractivity contribution >= 4 is 33.9 Å². The van der Waals surface area contributed by atoms with E-state index in [1.807, 2.05) is 18.2 Å². The number of nitrogens with zero attached hydrogens (tertiary/aromatic N) is 6. The van der Waals surface area contributed by atoms with Gasteiger partial charge in [0.15, 0.2) is 0 Å². The van der Waals surface area contributed by atoms with E-state index in [0.29, 0.717) is 52.7 Å². The molecule has 1 unspecified atom stereocenters. The van der Waals surface area contributed by atoms with Crippen molar-refractivity contribution in [3.63, 3.8) is 0 Å². The van der Waals surface area contributed by atoms with Crippen LogP contribution < -0.4 is 10.1 Å². The number of carbonyl (C=O) groups is 1. The highest BCUT2D eigenvalue weighted by Gasteiger charge is 2.32. The number of nitriles is 1. The highest BCUT2D eigenvalue weighted by molar-refractivity contribution is 6.18. The fourth-order valence-corrected chi connectivity index (χ4v) is 4.20. The number of aromatic nitrogens is 3. The van der Waals surface area contributed by atoms with Gasteiger partial charge in [-0.25, -0.2) is 19.4 Å². The maximum atomic E-state index is 14.6. The number of carbonyl (C=O) groups excluding carboxylic acids is 1. The summed E-state index contributed by atoms with van der Waals surface area (Å²) in [6, 6.07) is 8.42. The number of hydrogen-bond acceptors (Lipinski definition) is 7. The molecule has 1 aliphatic heterocycles. The van der Waals surface area contributed by atoms with Gasteiger partial charge in [0, 0.05) is 37.2 Å². The lowest BCUT2D eigenvalue weighted by Crippen LogP contribution is -2.23. The van der Waals surface area contributed by atoms with Crippen LogP contribution in [0.25, 0.3) is 16.5 Å². The highest BCUT2D eigenvalue weighted by Crippen LogP contribution is 2.31. The van der Waals surface area contributed by atoms with Crippen molar-refractivity contribution in [3.05, 3.63) is 66.0 Å². The quantitative estimate of drug-likeness (QED) is 0.610. The van der Waals surface area contributed by atoms with Crippen molar-refractivity contribution < 1.29 is 13.9 Å². The normalized spacial score (nSPS) is 16.8. The molecule has 0 saturated carbocycles. The average molecular weight is 457 g/mol. The summed E-state index contributed by atoms with van der Waals surface area (Å²) >= 11 is 0. The SMILES string of the molecule is COc1ccc(F)c2c1cc(C#N)n2CCNc1cc(C2=CC3=NN(C)C(=O)C3C=C2)ncn1. The van der Waals surface area contributed by atoms with Crippen LogP contribution in [0.15, 0.2) is 53.9 Å². The first kappa shape index (κ1) is 21.3.